The van der Waals surface area contributed by atoms with Gasteiger partial charge in [-0.1, -0.05) is 48.0 Å². The van der Waals surface area contributed by atoms with E-state index in [1.54, 1.807) is 0 Å². The Hall–Kier alpha value is -3.22. The number of benzene rings is 2. The van der Waals surface area contributed by atoms with Crippen LogP contribution < -0.4 is 0 Å². The topological polar surface area (TPSA) is 54.3 Å². The molecule has 3 heterocycles. The number of aromatic nitrogens is 3. The number of nitrogens with zero attached hydrogens (tertiary/aromatic N) is 5. The average Bonchev–Trinajstić information content (AvgIpc) is 3.25. The van der Waals surface area contributed by atoms with Crippen LogP contribution in [0.1, 0.15) is 28.5 Å². The Bertz CT molecular complexity index is 1340. The second-order valence-corrected chi connectivity index (χ2v) is 9.10. The van der Waals surface area contributed by atoms with Gasteiger partial charge in [0, 0.05) is 60.9 Å². The minimum Gasteiger partial charge on any atom is -0.336 e. The summed E-state index contributed by atoms with van der Waals surface area (Å²) < 4.78 is 1.95. The first kappa shape index (κ1) is 22.6. The number of aryl methyl sites for hydroxylation is 1. The van der Waals surface area contributed by atoms with Crippen molar-refractivity contribution in [1.82, 2.24) is 24.6 Å². The Morgan fingerprint density at radius 1 is 1.03 bits per heavy atom. The Balaban J connectivity index is 1.40. The maximum Gasteiger partial charge on any atom is 0.254 e. The van der Waals surface area contributed by atoms with Gasteiger partial charge in [0.15, 0.2) is 0 Å². The van der Waals surface area contributed by atoms with Gasteiger partial charge >= 0.3 is 0 Å². The van der Waals surface area contributed by atoms with E-state index in [2.05, 4.69) is 23.0 Å². The summed E-state index contributed by atoms with van der Waals surface area (Å²) in [5.41, 5.74) is 5.45. The zero-order valence-corrected chi connectivity index (χ0v) is 20.3. The van der Waals surface area contributed by atoms with Gasteiger partial charge in [-0.2, -0.15) is 5.10 Å². The summed E-state index contributed by atoms with van der Waals surface area (Å²) in [4.78, 5) is 22.9. The monoisotopic (exact) mass is 473 g/mol. The highest BCUT2D eigenvalue weighted by Crippen LogP contribution is 2.28. The molecule has 0 spiro atoms. The zero-order chi connectivity index (χ0) is 23.7. The normalized spacial score (nSPS) is 14.6. The van der Waals surface area contributed by atoms with Crippen LogP contribution in [0.2, 0.25) is 5.02 Å². The van der Waals surface area contributed by atoms with Gasteiger partial charge in [-0.25, -0.2) is 4.98 Å². The number of amides is 1. The Morgan fingerprint density at radius 2 is 1.76 bits per heavy atom. The molecule has 2 aromatic heterocycles. The standard InChI is InChI=1S/C27H28ClN5O/c1-3-33-19(2)23(17-29-33)26-16-22(21-9-5-7-11-25(21)30-26)27(34)32-14-12-31(13-15-32)18-20-8-4-6-10-24(20)28/h4-11,16-17H,3,12-15,18H2,1-2H3. The van der Waals surface area contributed by atoms with Gasteiger partial charge in [0.25, 0.3) is 5.91 Å². The number of pyridine rings is 1. The molecule has 0 saturated carbocycles. The lowest BCUT2D eigenvalue weighted by molar-refractivity contribution is 0.0630. The van der Waals surface area contributed by atoms with Gasteiger partial charge in [0.05, 0.1) is 23.0 Å². The molecule has 7 heteroatoms. The van der Waals surface area contributed by atoms with Gasteiger partial charge < -0.3 is 4.90 Å². The summed E-state index contributed by atoms with van der Waals surface area (Å²) in [5.74, 6) is 0.0535. The molecule has 0 bridgehead atoms. The first-order valence-corrected chi connectivity index (χ1v) is 12.1. The van der Waals surface area contributed by atoms with E-state index in [-0.39, 0.29) is 5.91 Å². The number of carbonyl (C=O) groups is 1. The molecule has 174 valence electrons. The molecule has 1 saturated heterocycles. The fraction of sp³-hybridized carbons (Fsp3) is 0.296. The highest BCUT2D eigenvalue weighted by Gasteiger charge is 2.25. The van der Waals surface area contributed by atoms with E-state index in [4.69, 9.17) is 16.6 Å². The van der Waals surface area contributed by atoms with Crippen molar-refractivity contribution in [2.24, 2.45) is 0 Å². The molecule has 1 fully saturated rings. The Labute approximate surface area is 204 Å². The van der Waals surface area contributed by atoms with Crippen LogP contribution >= 0.6 is 11.6 Å². The molecule has 4 aromatic rings. The molecule has 0 N–H and O–H groups in total. The van der Waals surface area contributed by atoms with Gasteiger partial charge in [-0.3, -0.25) is 14.4 Å². The number of carbonyl (C=O) groups excluding carboxylic acids is 1. The van der Waals surface area contributed by atoms with Crippen LogP contribution in [0, 0.1) is 6.92 Å². The van der Waals surface area contributed by atoms with Gasteiger partial charge in [0.1, 0.15) is 0 Å². The third kappa shape index (κ3) is 4.31. The highest BCUT2D eigenvalue weighted by atomic mass is 35.5. The first-order valence-electron chi connectivity index (χ1n) is 11.7. The lowest BCUT2D eigenvalue weighted by Gasteiger charge is -2.35. The van der Waals surface area contributed by atoms with Crippen molar-refractivity contribution in [3.8, 4) is 11.3 Å². The molecule has 0 aliphatic carbocycles. The van der Waals surface area contributed by atoms with E-state index < -0.39 is 0 Å². The van der Waals surface area contributed by atoms with E-state index in [0.29, 0.717) is 18.7 Å². The summed E-state index contributed by atoms with van der Waals surface area (Å²) in [6.45, 7) is 8.70. The lowest BCUT2D eigenvalue weighted by atomic mass is 10.0. The van der Waals surface area contributed by atoms with E-state index >= 15 is 0 Å². The van der Waals surface area contributed by atoms with Crippen molar-refractivity contribution >= 4 is 28.4 Å². The second kappa shape index (κ2) is 9.57. The predicted octanol–water partition coefficient (Wildman–Crippen LogP) is 5.04. The van der Waals surface area contributed by atoms with Gasteiger partial charge in [-0.15, -0.1) is 0 Å². The SMILES string of the molecule is CCn1ncc(-c2cc(C(=O)N3CCN(Cc4ccccc4Cl)CC3)c3ccccc3n2)c1C. The van der Waals surface area contributed by atoms with Crippen molar-refractivity contribution in [3.63, 3.8) is 0 Å². The summed E-state index contributed by atoms with van der Waals surface area (Å²) in [7, 11) is 0. The van der Waals surface area contributed by atoms with E-state index in [1.165, 1.54) is 0 Å². The molecule has 6 nitrogen and oxygen atoms in total. The summed E-state index contributed by atoms with van der Waals surface area (Å²) in [6, 6.07) is 17.8. The summed E-state index contributed by atoms with van der Waals surface area (Å²) >= 11 is 6.34. The smallest absolute Gasteiger partial charge is 0.254 e. The molecule has 2 aromatic carbocycles. The number of hydrogen-bond donors (Lipinski definition) is 0. The van der Waals surface area contributed by atoms with Crippen LogP contribution in [0.25, 0.3) is 22.2 Å². The molecule has 0 radical (unpaired) electrons. The molecule has 5 rings (SSSR count). The van der Waals surface area contributed by atoms with Crippen LogP contribution in [0.15, 0.2) is 60.8 Å². The number of piperazine rings is 1. The van der Waals surface area contributed by atoms with E-state index in [0.717, 1.165) is 64.6 Å². The molecular formula is C27H28ClN5O. The molecular weight excluding hydrogens is 446 g/mol. The fourth-order valence-corrected chi connectivity index (χ4v) is 4.85. The minimum atomic E-state index is 0.0535. The lowest BCUT2D eigenvalue weighted by Crippen LogP contribution is -2.48. The number of fused-ring (bicyclic) bond motifs is 1. The van der Waals surface area contributed by atoms with Crippen molar-refractivity contribution < 1.29 is 4.79 Å². The second-order valence-electron chi connectivity index (χ2n) is 8.69. The highest BCUT2D eigenvalue weighted by molar-refractivity contribution is 6.31. The summed E-state index contributed by atoms with van der Waals surface area (Å²) in [6.07, 6.45) is 1.84. The zero-order valence-electron chi connectivity index (χ0n) is 19.5. The Morgan fingerprint density at radius 3 is 2.50 bits per heavy atom. The van der Waals surface area contributed by atoms with Crippen molar-refractivity contribution in [1.29, 1.82) is 0 Å². The van der Waals surface area contributed by atoms with Crippen LogP contribution in [0.3, 0.4) is 0 Å². The maximum absolute atomic E-state index is 13.7. The van der Waals surface area contributed by atoms with Gasteiger partial charge in [-0.05, 0) is 37.6 Å². The van der Waals surface area contributed by atoms with Crippen LogP contribution in [0.5, 0.6) is 0 Å². The predicted molar refractivity (Wildman–Crippen MR) is 136 cm³/mol. The van der Waals surface area contributed by atoms with E-state index in [9.17, 15) is 4.79 Å². The van der Waals surface area contributed by atoms with Crippen molar-refractivity contribution in [2.75, 3.05) is 26.2 Å². The first-order chi connectivity index (χ1) is 16.5. The van der Waals surface area contributed by atoms with Crippen molar-refractivity contribution in [3.05, 3.63) is 82.6 Å². The molecule has 1 aliphatic rings. The number of halogens is 1. The molecule has 1 amide bonds. The van der Waals surface area contributed by atoms with Gasteiger partial charge in [0.2, 0.25) is 0 Å². The van der Waals surface area contributed by atoms with Crippen LogP contribution in [-0.4, -0.2) is 56.7 Å². The van der Waals surface area contributed by atoms with Crippen molar-refractivity contribution in [2.45, 2.75) is 26.9 Å². The third-order valence-electron chi connectivity index (χ3n) is 6.64. The van der Waals surface area contributed by atoms with Crippen LogP contribution in [0.4, 0.5) is 0 Å². The van der Waals surface area contributed by atoms with Crippen LogP contribution in [-0.2, 0) is 13.1 Å². The Kier molecular flexibility index (Phi) is 6.35. The molecule has 34 heavy (non-hydrogen) atoms. The van der Waals surface area contributed by atoms with E-state index in [1.807, 2.05) is 71.2 Å². The largest absolute Gasteiger partial charge is 0.336 e. The summed E-state index contributed by atoms with van der Waals surface area (Å²) in [5, 5.41) is 6.15. The molecule has 1 aliphatic heterocycles. The molecule has 0 atom stereocenters. The minimum absolute atomic E-state index is 0.0535. The number of para-hydroxylation sites is 1. The fourth-order valence-electron chi connectivity index (χ4n) is 4.65. The number of rotatable bonds is 5. The number of hydrogen-bond acceptors (Lipinski definition) is 4. The maximum atomic E-state index is 13.7. The third-order valence-corrected chi connectivity index (χ3v) is 7.01. The average molecular weight is 474 g/mol. The quantitative estimate of drug-likeness (QED) is 0.407. The molecule has 0 unspecified atom stereocenters.